The second kappa shape index (κ2) is 3.61. The predicted octanol–water partition coefficient (Wildman–Crippen LogP) is 0.181. The van der Waals surface area contributed by atoms with Crippen molar-refractivity contribution < 1.29 is 4.79 Å². The Balaban J connectivity index is 2.07. The number of carbonyl (C=O) groups is 1. The fraction of sp³-hybridized carbons (Fsp3) is 0.444. The van der Waals surface area contributed by atoms with Crippen molar-refractivity contribution in [2.24, 2.45) is 0 Å². The first-order chi connectivity index (χ1) is 6.75. The van der Waals surface area contributed by atoms with Gasteiger partial charge in [-0.05, 0) is 12.5 Å². The highest BCUT2D eigenvalue weighted by atomic mass is 16.2. The summed E-state index contributed by atoms with van der Waals surface area (Å²) in [7, 11) is 0. The van der Waals surface area contributed by atoms with Crippen molar-refractivity contribution >= 4 is 11.7 Å². The topological polar surface area (TPSA) is 72.1 Å². The first-order valence-electron chi connectivity index (χ1n) is 4.61. The van der Waals surface area contributed by atoms with E-state index in [1.807, 2.05) is 0 Å². The lowest BCUT2D eigenvalue weighted by molar-refractivity contribution is -0.128. The Hall–Kier alpha value is -1.65. The molecule has 1 aliphatic rings. The van der Waals surface area contributed by atoms with E-state index in [0.29, 0.717) is 24.6 Å². The minimum absolute atomic E-state index is 0.177. The van der Waals surface area contributed by atoms with E-state index >= 15 is 0 Å². The van der Waals surface area contributed by atoms with Gasteiger partial charge in [0, 0.05) is 19.2 Å². The van der Waals surface area contributed by atoms with E-state index in [2.05, 4.69) is 9.97 Å². The number of aromatic nitrogens is 2. The molecule has 1 aromatic heterocycles. The summed E-state index contributed by atoms with van der Waals surface area (Å²) in [4.78, 5) is 21.2. The number of carbonyl (C=O) groups excluding carboxylic acids is 1. The van der Waals surface area contributed by atoms with Crippen molar-refractivity contribution in [3.05, 3.63) is 18.1 Å². The summed E-state index contributed by atoms with van der Waals surface area (Å²) in [6.07, 6.45) is 3.18. The van der Waals surface area contributed by atoms with E-state index < -0.39 is 0 Å². The normalized spacial score (nSPS) is 16.3. The zero-order valence-corrected chi connectivity index (χ0v) is 7.81. The van der Waals surface area contributed by atoms with Crippen LogP contribution in [0.15, 0.2) is 12.3 Å². The summed E-state index contributed by atoms with van der Waals surface area (Å²) in [5.74, 6) is 1.23. The van der Waals surface area contributed by atoms with Gasteiger partial charge in [0.1, 0.15) is 11.6 Å². The molecule has 0 saturated carbocycles. The smallest absolute Gasteiger partial charge is 0.223 e. The van der Waals surface area contributed by atoms with Crippen molar-refractivity contribution in [1.29, 1.82) is 0 Å². The third-order valence-electron chi connectivity index (χ3n) is 2.23. The molecule has 0 aromatic carbocycles. The number of amides is 1. The van der Waals surface area contributed by atoms with Crippen LogP contribution in [0.1, 0.15) is 18.7 Å². The zero-order chi connectivity index (χ0) is 9.97. The molecule has 1 amide bonds. The second-order valence-electron chi connectivity index (χ2n) is 3.32. The number of hydrogen-bond acceptors (Lipinski definition) is 4. The summed E-state index contributed by atoms with van der Waals surface area (Å²) in [6, 6.07) is 1.63. The molecule has 2 rings (SSSR count). The molecule has 2 heterocycles. The van der Waals surface area contributed by atoms with Crippen LogP contribution in [-0.4, -0.2) is 27.3 Å². The summed E-state index contributed by atoms with van der Waals surface area (Å²) < 4.78 is 0. The predicted molar refractivity (Wildman–Crippen MR) is 51.1 cm³/mol. The van der Waals surface area contributed by atoms with Crippen LogP contribution in [0, 0.1) is 0 Å². The van der Waals surface area contributed by atoms with Crippen molar-refractivity contribution in [3.8, 4) is 0 Å². The lowest BCUT2D eigenvalue weighted by Gasteiger charge is -2.13. The Morgan fingerprint density at radius 2 is 2.43 bits per heavy atom. The SMILES string of the molecule is Nc1ccnc(CN2CCCC2=O)n1. The van der Waals surface area contributed by atoms with Gasteiger partial charge in [0.05, 0.1) is 6.54 Å². The third-order valence-corrected chi connectivity index (χ3v) is 2.23. The first kappa shape index (κ1) is 8.93. The highest BCUT2D eigenvalue weighted by molar-refractivity contribution is 5.77. The standard InChI is InChI=1S/C9H12N4O/c10-7-3-4-11-8(12-7)6-13-5-1-2-9(13)14/h3-4H,1-2,5-6H2,(H2,10,11,12). The summed E-state index contributed by atoms with van der Waals surface area (Å²) >= 11 is 0. The molecule has 2 N–H and O–H groups in total. The van der Waals surface area contributed by atoms with Gasteiger partial charge >= 0.3 is 0 Å². The van der Waals surface area contributed by atoms with Gasteiger partial charge in [-0.3, -0.25) is 4.79 Å². The van der Waals surface area contributed by atoms with Gasteiger partial charge in [0.25, 0.3) is 0 Å². The first-order valence-corrected chi connectivity index (χ1v) is 4.61. The van der Waals surface area contributed by atoms with Crippen LogP contribution in [0.2, 0.25) is 0 Å². The van der Waals surface area contributed by atoms with Gasteiger partial charge < -0.3 is 10.6 Å². The van der Waals surface area contributed by atoms with E-state index in [1.165, 1.54) is 0 Å². The fourth-order valence-electron chi connectivity index (χ4n) is 1.53. The van der Waals surface area contributed by atoms with E-state index in [-0.39, 0.29) is 5.91 Å². The lowest BCUT2D eigenvalue weighted by atomic mass is 10.4. The van der Waals surface area contributed by atoms with Gasteiger partial charge in [-0.15, -0.1) is 0 Å². The molecule has 14 heavy (non-hydrogen) atoms. The molecule has 1 fully saturated rings. The molecular formula is C9H12N4O. The molecule has 0 unspecified atom stereocenters. The number of likely N-dealkylation sites (tertiary alicyclic amines) is 1. The molecule has 1 aliphatic heterocycles. The van der Waals surface area contributed by atoms with Gasteiger partial charge in [-0.2, -0.15) is 0 Å². The quantitative estimate of drug-likeness (QED) is 0.725. The minimum atomic E-state index is 0.177. The van der Waals surface area contributed by atoms with Crippen LogP contribution in [0.4, 0.5) is 5.82 Å². The van der Waals surface area contributed by atoms with Crippen LogP contribution in [-0.2, 0) is 11.3 Å². The molecular weight excluding hydrogens is 180 g/mol. The molecule has 0 spiro atoms. The maximum atomic E-state index is 11.3. The maximum absolute atomic E-state index is 11.3. The average Bonchev–Trinajstić information content (AvgIpc) is 2.52. The molecule has 1 aromatic rings. The highest BCUT2D eigenvalue weighted by Crippen LogP contribution is 2.12. The number of nitrogens with two attached hydrogens (primary N) is 1. The van der Waals surface area contributed by atoms with E-state index in [9.17, 15) is 4.79 Å². The monoisotopic (exact) mass is 192 g/mol. The molecule has 5 heteroatoms. The number of hydrogen-bond donors (Lipinski definition) is 1. The van der Waals surface area contributed by atoms with Crippen LogP contribution >= 0.6 is 0 Å². The van der Waals surface area contributed by atoms with Crippen molar-refractivity contribution in [1.82, 2.24) is 14.9 Å². The number of nitrogen functional groups attached to an aromatic ring is 1. The Morgan fingerprint density at radius 3 is 3.07 bits per heavy atom. The summed E-state index contributed by atoms with van der Waals surface area (Å²) in [5.41, 5.74) is 5.51. The van der Waals surface area contributed by atoms with Gasteiger partial charge in [-0.1, -0.05) is 0 Å². The van der Waals surface area contributed by atoms with Crippen molar-refractivity contribution in [2.75, 3.05) is 12.3 Å². The Kier molecular flexibility index (Phi) is 2.30. The van der Waals surface area contributed by atoms with E-state index in [1.54, 1.807) is 17.2 Å². The summed E-state index contributed by atoms with van der Waals surface area (Å²) in [6.45, 7) is 1.28. The van der Waals surface area contributed by atoms with Crippen LogP contribution < -0.4 is 5.73 Å². The largest absolute Gasteiger partial charge is 0.384 e. The molecule has 0 atom stereocenters. The Bertz CT molecular complexity index is 352. The minimum Gasteiger partial charge on any atom is -0.384 e. The van der Waals surface area contributed by atoms with Crippen LogP contribution in [0.25, 0.3) is 0 Å². The molecule has 1 saturated heterocycles. The lowest BCUT2D eigenvalue weighted by Crippen LogP contribution is -2.25. The highest BCUT2D eigenvalue weighted by Gasteiger charge is 2.20. The maximum Gasteiger partial charge on any atom is 0.223 e. The van der Waals surface area contributed by atoms with Crippen molar-refractivity contribution in [2.45, 2.75) is 19.4 Å². The second-order valence-corrected chi connectivity index (χ2v) is 3.32. The number of anilines is 1. The molecule has 0 aliphatic carbocycles. The van der Waals surface area contributed by atoms with Gasteiger partial charge in [0.2, 0.25) is 5.91 Å². The van der Waals surface area contributed by atoms with Gasteiger partial charge in [0.15, 0.2) is 0 Å². The van der Waals surface area contributed by atoms with Crippen LogP contribution in [0.5, 0.6) is 0 Å². The zero-order valence-electron chi connectivity index (χ0n) is 7.81. The average molecular weight is 192 g/mol. The van der Waals surface area contributed by atoms with Gasteiger partial charge in [-0.25, -0.2) is 9.97 Å². The van der Waals surface area contributed by atoms with Crippen molar-refractivity contribution in [3.63, 3.8) is 0 Å². The molecule has 0 bridgehead atoms. The molecule has 0 radical (unpaired) electrons. The number of nitrogens with zero attached hydrogens (tertiary/aromatic N) is 3. The van der Waals surface area contributed by atoms with Crippen LogP contribution in [0.3, 0.4) is 0 Å². The Morgan fingerprint density at radius 1 is 1.57 bits per heavy atom. The van der Waals surface area contributed by atoms with E-state index in [0.717, 1.165) is 13.0 Å². The third kappa shape index (κ3) is 1.81. The molecule has 5 nitrogen and oxygen atoms in total. The molecule has 74 valence electrons. The fourth-order valence-corrected chi connectivity index (χ4v) is 1.53. The number of rotatable bonds is 2. The van der Waals surface area contributed by atoms with E-state index in [4.69, 9.17) is 5.73 Å². The summed E-state index contributed by atoms with van der Waals surface area (Å²) in [5, 5.41) is 0. The Labute approximate surface area is 82.0 Å².